The Labute approximate surface area is 122 Å². The third-order valence-corrected chi connectivity index (χ3v) is 7.26. The molecule has 1 aliphatic carbocycles. The molecule has 3 unspecified atom stereocenters. The van der Waals surface area contributed by atoms with E-state index in [0.717, 1.165) is 21.5 Å². The molecule has 1 N–H and O–H groups in total. The molecule has 2 nitrogen and oxygen atoms in total. The monoisotopic (exact) mass is 298 g/mol. The lowest BCUT2D eigenvalue weighted by Crippen LogP contribution is -2.23. The van der Waals surface area contributed by atoms with Crippen molar-refractivity contribution in [3.05, 3.63) is 22.2 Å². The summed E-state index contributed by atoms with van der Waals surface area (Å²) in [5.41, 5.74) is 1.31. The number of thioether (sulfide) groups is 2. The molecule has 5 heteroatoms. The number of nitrogens with zero attached hydrogens (tertiary/aromatic N) is 1. The highest BCUT2D eigenvalue weighted by atomic mass is 32.2. The van der Waals surface area contributed by atoms with E-state index in [9.17, 15) is 0 Å². The highest BCUT2D eigenvalue weighted by Gasteiger charge is 2.30. The van der Waals surface area contributed by atoms with Gasteiger partial charge in [-0.3, -0.25) is 0 Å². The minimum Gasteiger partial charge on any atom is -0.346 e. The van der Waals surface area contributed by atoms with Gasteiger partial charge in [0.25, 0.3) is 0 Å². The molecule has 0 aromatic carbocycles. The number of hydrogen-bond acceptors (Lipinski definition) is 4. The first kappa shape index (κ1) is 13.0. The number of nitrogens with one attached hydrogen (secondary N) is 1. The van der Waals surface area contributed by atoms with E-state index in [1.54, 1.807) is 0 Å². The van der Waals surface area contributed by atoms with Gasteiger partial charge in [0, 0.05) is 21.9 Å². The van der Waals surface area contributed by atoms with Crippen molar-refractivity contribution in [2.75, 3.05) is 5.75 Å². The zero-order valence-electron chi connectivity index (χ0n) is 10.7. The average Bonchev–Trinajstić information content (AvgIpc) is 3.16. The summed E-state index contributed by atoms with van der Waals surface area (Å²) >= 11 is 9.40. The van der Waals surface area contributed by atoms with Crippen molar-refractivity contribution in [1.29, 1.82) is 0 Å². The molecule has 2 aliphatic rings. The maximum atomic E-state index is 5.31. The van der Waals surface area contributed by atoms with Crippen LogP contribution in [0, 0.1) is 4.64 Å². The van der Waals surface area contributed by atoms with E-state index in [1.165, 1.54) is 18.5 Å². The summed E-state index contributed by atoms with van der Waals surface area (Å²) < 4.78 is 0.752. The van der Waals surface area contributed by atoms with Crippen LogP contribution in [-0.4, -0.2) is 26.2 Å². The number of rotatable bonds is 2. The minimum absolute atomic E-state index is 0.474. The molecule has 1 aromatic rings. The Bertz CT molecular complexity index is 495. The molecule has 1 saturated carbocycles. The second-order valence-electron chi connectivity index (χ2n) is 5.20. The molecule has 1 saturated heterocycles. The van der Waals surface area contributed by atoms with Gasteiger partial charge in [-0.2, -0.15) is 11.8 Å². The summed E-state index contributed by atoms with van der Waals surface area (Å²) in [5, 5.41) is 1.89. The highest BCUT2D eigenvalue weighted by Crippen LogP contribution is 2.44. The van der Waals surface area contributed by atoms with Gasteiger partial charge in [-0.05, 0) is 24.8 Å². The summed E-state index contributed by atoms with van der Waals surface area (Å²) in [5.74, 6) is 2.95. The highest BCUT2D eigenvalue weighted by molar-refractivity contribution is 8.07. The Morgan fingerprint density at radius 1 is 1.33 bits per heavy atom. The van der Waals surface area contributed by atoms with Crippen molar-refractivity contribution in [2.24, 2.45) is 0 Å². The first-order chi connectivity index (χ1) is 8.63. The van der Waals surface area contributed by atoms with Gasteiger partial charge >= 0.3 is 0 Å². The van der Waals surface area contributed by atoms with Crippen molar-refractivity contribution in [2.45, 2.75) is 48.4 Å². The average molecular weight is 299 g/mol. The van der Waals surface area contributed by atoms with E-state index in [4.69, 9.17) is 12.2 Å². The molecule has 1 aromatic heterocycles. The second-order valence-corrected chi connectivity index (χ2v) is 8.62. The SMILES string of the molecule is CC1SCC(c2nc(=S)cc(C3CC3)[nH]2)SC1C. The quantitative estimate of drug-likeness (QED) is 0.823. The van der Waals surface area contributed by atoms with Crippen LogP contribution in [0.4, 0.5) is 0 Å². The standard InChI is InChI=1S/C13H18N2S3/c1-7-8(2)18-11(6-17-7)13-14-10(9-3-4-9)5-12(16)15-13/h5,7-9,11H,3-4,6H2,1-2H3,(H,14,15,16). The normalized spacial score (nSPS) is 32.4. The van der Waals surface area contributed by atoms with E-state index in [0.29, 0.717) is 16.4 Å². The molecule has 98 valence electrons. The molecular weight excluding hydrogens is 280 g/mol. The van der Waals surface area contributed by atoms with Gasteiger partial charge in [0.05, 0.1) is 5.25 Å². The molecule has 1 aliphatic heterocycles. The van der Waals surface area contributed by atoms with Gasteiger partial charge in [-0.25, -0.2) is 4.98 Å². The van der Waals surface area contributed by atoms with Crippen LogP contribution in [0.1, 0.15) is 49.4 Å². The van der Waals surface area contributed by atoms with Gasteiger partial charge in [0.1, 0.15) is 10.5 Å². The second kappa shape index (κ2) is 5.17. The molecule has 0 spiro atoms. The summed E-state index contributed by atoms with van der Waals surface area (Å²) in [6.07, 6.45) is 2.60. The fourth-order valence-electron chi connectivity index (χ4n) is 2.19. The lowest BCUT2D eigenvalue weighted by molar-refractivity contribution is 0.835. The van der Waals surface area contributed by atoms with E-state index in [1.807, 2.05) is 29.6 Å². The first-order valence-corrected chi connectivity index (χ1v) is 8.91. The zero-order chi connectivity index (χ0) is 12.7. The van der Waals surface area contributed by atoms with Crippen molar-refractivity contribution < 1.29 is 0 Å². The fraction of sp³-hybridized carbons (Fsp3) is 0.692. The fourth-order valence-corrected chi connectivity index (χ4v) is 5.28. The van der Waals surface area contributed by atoms with Crippen molar-refractivity contribution >= 4 is 35.7 Å². The van der Waals surface area contributed by atoms with E-state index in [-0.39, 0.29) is 0 Å². The Morgan fingerprint density at radius 2 is 2.11 bits per heavy atom. The van der Waals surface area contributed by atoms with Crippen LogP contribution in [0.5, 0.6) is 0 Å². The van der Waals surface area contributed by atoms with Crippen LogP contribution in [0.2, 0.25) is 0 Å². The van der Waals surface area contributed by atoms with Crippen LogP contribution in [0.3, 0.4) is 0 Å². The third-order valence-electron chi connectivity index (χ3n) is 3.65. The number of H-pyrrole nitrogens is 1. The smallest absolute Gasteiger partial charge is 0.130 e. The number of aromatic nitrogens is 2. The topological polar surface area (TPSA) is 28.7 Å². The summed E-state index contributed by atoms with van der Waals surface area (Å²) in [6, 6.07) is 2.04. The van der Waals surface area contributed by atoms with Gasteiger partial charge in [0.2, 0.25) is 0 Å². The molecule has 2 fully saturated rings. The van der Waals surface area contributed by atoms with Crippen LogP contribution in [0.25, 0.3) is 0 Å². The lowest BCUT2D eigenvalue weighted by Gasteiger charge is -2.30. The summed E-state index contributed by atoms with van der Waals surface area (Å²) in [6.45, 7) is 4.63. The lowest BCUT2D eigenvalue weighted by atomic mass is 10.3. The van der Waals surface area contributed by atoms with Crippen molar-refractivity contribution in [3.8, 4) is 0 Å². The van der Waals surface area contributed by atoms with Crippen LogP contribution >= 0.6 is 35.7 Å². The van der Waals surface area contributed by atoms with Gasteiger partial charge in [-0.1, -0.05) is 26.1 Å². The molecule has 18 heavy (non-hydrogen) atoms. The molecule has 0 amide bonds. The maximum absolute atomic E-state index is 5.31. The Kier molecular flexibility index (Phi) is 3.74. The first-order valence-electron chi connectivity index (χ1n) is 6.51. The Morgan fingerprint density at radius 3 is 2.78 bits per heavy atom. The van der Waals surface area contributed by atoms with Crippen LogP contribution < -0.4 is 0 Å². The maximum Gasteiger partial charge on any atom is 0.130 e. The van der Waals surface area contributed by atoms with Gasteiger partial charge in [0.15, 0.2) is 0 Å². The third kappa shape index (κ3) is 2.78. The van der Waals surface area contributed by atoms with Crippen LogP contribution in [-0.2, 0) is 0 Å². The van der Waals surface area contributed by atoms with Crippen molar-refractivity contribution in [1.82, 2.24) is 9.97 Å². The van der Waals surface area contributed by atoms with E-state index in [2.05, 4.69) is 23.8 Å². The molecule has 3 rings (SSSR count). The minimum atomic E-state index is 0.474. The zero-order valence-corrected chi connectivity index (χ0v) is 13.1. The summed E-state index contributed by atoms with van der Waals surface area (Å²) in [4.78, 5) is 8.09. The van der Waals surface area contributed by atoms with E-state index >= 15 is 0 Å². The van der Waals surface area contributed by atoms with Crippen molar-refractivity contribution in [3.63, 3.8) is 0 Å². The number of aromatic amines is 1. The predicted octanol–water partition coefficient (Wildman–Crippen LogP) is 4.31. The molecular formula is C13H18N2S3. The largest absolute Gasteiger partial charge is 0.346 e. The summed E-state index contributed by atoms with van der Waals surface area (Å²) in [7, 11) is 0. The molecule has 0 bridgehead atoms. The Balaban J connectivity index is 1.85. The van der Waals surface area contributed by atoms with E-state index < -0.39 is 0 Å². The predicted molar refractivity (Wildman–Crippen MR) is 83.1 cm³/mol. The molecule has 2 heterocycles. The number of hydrogen-bond donors (Lipinski definition) is 1. The Hall–Kier alpha value is -0.000000000000000111. The van der Waals surface area contributed by atoms with Crippen LogP contribution in [0.15, 0.2) is 6.07 Å². The van der Waals surface area contributed by atoms with Gasteiger partial charge < -0.3 is 4.98 Å². The molecule has 0 radical (unpaired) electrons. The molecule has 3 atom stereocenters. The van der Waals surface area contributed by atoms with Gasteiger partial charge in [-0.15, -0.1) is 11.8 Å².